The molecule has 1 amide bonds. The summed E-state index contributed by atoms with van der Waals surface area (Å²) in [5.74, 6) is 1.11. The van der Waals surface area contributed by atoms with E-state index in [9.17, 15) is 4.79 Å². The first-order valence-corrected chi connectivity index (χ1v) is 9.67. The van der Waals surface area contributed by atoms with Crippen LogP contribution in [0.25, 0.3) is 0 Å². The molecular formula is C21H35IN4O2. The molecule has 0 fully saturated rings. The summed E-state index contributed by atoms with van der Waals surface area (Å²) >= 11 is 0. The number of nitrogens with two attached hydrogens (primary N) is 1. The number of nitrogens with one attached hydrogen (secondary N) is 1. The van der Waals surface area contributed by atoms with E-state index in [0.717, 1.165) is 38.3 Å². The van der Waals surface area contributed by atoms with Gasteiger partial charge in [0.05, 0.1) is 0 Å². The monoisotopic (exact) mass is 502 g/mol. The van der Waals surface area contributed by atoms with Gasteiger partial charge in [0.2, 0.25) is 0 Å². The van der Waals surface area contributed by atoms with Gasteiger partial charge in [-0.2, -0.15) is 0 Å². The second-order valence-electron chi connectivity index (χ2n) is 6.44. The molecular weight excluding hydrogens is 467 g/mol. The average molecular weight is 502 g/mol. The molecule has 0 aliphatic heterocycles. The van der Waals surface area contributed by atoms with Gasteiger partial charge in [0.1, 0.15) is 5.75 Å². The summed E-state index contributed by atoms with van der Waals surface area (Å²) in [5.41, 5.74) is 6.25. The second-order valence-corrected chi connectivity index (χ2v) is 6.44. The van der Waals surface area contributed by atoms with E-state index in [4.69, 9.17) is 15.5 Å². The van der Waals surface area contributed by atoms with Crippen molar-refractivity contribution in [2.45, 2.75) is 39.0 Å². The van der Waals surface area contributed by atoms with Gasteiger partial charge in [0, 0.05) is 26.7 Å². The number of halogens is 1. The highest BCUT2D eigenvalue weighted by Crippen LogP contribution is 2.12. The Morgan fingerprint density at radius 3 is 2.61 bits per heavy atom. The Kier molecular flexibility index (Phi) is 15.2. The highest BCUT2D eigenvalue weighted by Gasteiger charge is 2.05. The van der Waals surface area contributed by atoms with Gasteiger partial charge in [-0.15, -0.1) is 30.6 Å². The molecule has 28 heavy (non-hydrogen) atoms. The van der Waals surface area contributed by atoms with E-state index in [1.54, 1.807) is 0 Å². The Morgan fingerprint density at radius 2 is 2.00 bits per heavy atom. The van der Waals surface area contributed by atoms with Gasteiger partial charge < -0.3 is 20.7 Å². The number of hydrogen-bond donors (Lipinski definition) is 2. The van der Waals surface area contributed by atoms with E-state index in [-0.39, 0.29) is 30.6 Å². The zero-order valence-electron chi connectivity index (χ0n) is 17.2. The number of carbonyl (C=O) groups excluding carboxylic acids is 1. The lowest BCUT2D eigenvalue weighted by Crippen LogP contribution is -2.39. The van der Waals surface area contributed by atoms with Crippen molar-refractivity contribution in [1.29, 1.82) is 0 Å². The summed E-state index contributed by atoms with van der Waals surface area (Å²) in [4.78, 5) is 17.7. The lowest BCUT2D eigenvalue weighted by Gasteiger charge is -2.22. The zero-order chi connectivity index (χ0) is 19.9. The molecule has 0 bridgehead atoms. The van der Waals surface area contributed by atoms with Gasteiger partial charge in [-0.1, -0.05) is 24.6 Å². The molecule has 0 aliphatic rings. The maximum Gasteiger partial charge on any atom is 0.255 e. The van der Waals surface area contributed by atoms with Crippen molar-refractivity contribution in [2.75, 3.05) is 33.3 Å². The number of aliphatic imine (C=N–C) groups is 1. The third kappa shape index (κ3) is 11.8. The maximum absolute atomic E-state index is 10.7. The Hall–Kier alpha value is -1.77. The quantitative estimate of drug-likeness (QED) is 0.143. The second kappa shape index (κ2) is 16.2. The van der Waals surface area contributed by atoms with Crippen molar-refractivity contribution >= 4 is 35.8 Å². The molecule has 0 saturated carbocycles. The molecule has 1 aromatic carbocycles. The molecule has 0 unspecified atom stereocenters. The van der Waals surface area contributed by atoms with E-state index < -0.39 is 5.91 Å². The van der Waals surface area contributed by atoms with E-state index in [2.05, 4.69) is 30.8 Å². The highest BCUT2D eigenvalue weighted by atomic mass is 127. The first kappa shape index (κ1) is 26.2. The van der Waals surface area contributed by atoms with Crippen LogP contribution in [0.4, 0.5) is 0 Å². The van der Waals surface area contributed by atoms with Crippen molar-refractivity contribution in [1.82, 2.24) is 10.2 Å². The number of ether oxygens (including phenoxy) is 1. The number of carbonyl (C=O) groups is 1. The predicted octanol–water partition coefficient (Wildman–Crippen LogP) is 3.35. The van der Waals surface area contributed by atoms with Crippen molar-refractivity contribution in [3.05, 3.63) is 42.5 Å². The molecule has 0 atom stereocenters. The molecule has 0 radical (unpaired) electrons. The molecule has 0 saturated heterocycles. The number of guanidine groups is 1. The fraction of sp³-hybridized carbons (Fsp3) is 0.524. The molecule has 0 aliphatic carbocycles. The van der Waals surface area contributed by atoms with Crippen LogP contribution in [-0.2, 0) is 11.2 Å². The Bertz CT molecular complexity index is 591. The van der Waals surface area contributed by atoms with Crippen LogP contribution in [0.15, 0.2) is 41.9 Å². The molecule has 3 N–H and O–H groups in total. The largest absolute Gasteiger partial charge is 0.484 e. The Balaban J connectivity index is 0.00000729. The number of allylic oxidation sites excluding steroid dienone is 1. The smallest absolute Gasteiger partial charge is 0.255 e. The third-order valence-electron chi connectivity index (χ3n) is 4.06. The van der Waals surface area contributed by atoms with Gasteiger partial charge in [-0.25, -0.2) is 0 Å². The minimum Gasteiger partial charge on any atom is -0.484 e. The fourth-order valence-corrected chi connectivity index (χ4v) is 2.59. The zero-order valence-corrected chi connectivity index (χ0v) is 19.5. The number of hydrogen-bond acceptors (Lipinski definition) is 3. The van der Waals surface area contributed by atoms with Crippen LogP contribution >= 0.6 is 24.0 Å². The summed E-state index contributed by atoms with van der Waals surface area (Å²) in [5, 5.41) is 3.35. The van der Waals surface area contributed by atoms with Crippen LogP contribution in [0.1, 0.15) is 38.2 Å². The number of nitrogens with zero attached hydrogens (tertiary/aromatic N) is 2. The Morgan fingerprint density at radius 1 is 1.29 bits per heavy atom. The summed E-state index contributed by atoms with van der Waals surface area (Å²) in [7, 11) is 2.08. The standard InChI is InChI=1S/C21H34N4O2.HI/c1-4-6-7-8-9-16-25(3)21(23-5-2)24-15-14-18-10-12-19(13-11-18)27-17-20(22)26;/h4,10-13H,1,5-9,14-17H2,2-3H3,(H2,22,26)(H,23,24);1H. The Labute approximate surface area is 186 Å². The summed E-state index contributed by atoms with van der Waals surface area (Å²) < 4.78 is 5.27. The third-order valence-corrected chi connectivity index (χ3v) is 4.06. The fourth-order valence-electron chi connectivity index (χ4n) is 2.59. The van der Waals surface area contributed by atoms with Gasteiger partial charge in [-0.05, 0) is 50.3 Å². The average Bonchev–Trinajstić information content (AvgIpc) is 2.66. The van der Waals surface area contributed by atoms with E-state index in [1.165, 1.54) is 18.4 Å². The number of primary amides is 1. The van der Waals surface area contributed by atoms with E-state index >= 15 is 0 Å². The van der Waals surface area contributed by atoms with Crippen LogP contribution in [-0.4, -0.2) is 50.1 Å². The molecule has 0 heterocycles. The summed E-state index contributed by atoms with van der Waals surface area (Å²) in [6.45, 7) is 8.30. The molecule has 0 spiro atoms. The molecule has 0 aromatic heterocycles. The van der Waals surface area contributed by atoms with Crippen LogP contribution < -0.4 is 15.8 Å². The van der Waals surface area contributed by atoms with Gasteiger partial charge in [-0.3, -0.25) is 9.79 Å². The number of benzene rings is 1. The van der Waals surface area contributed by atoms with Gasteiger partial charge in [0.15, 0.2) is 12.6 Å². The SMILES string of the molecule is C=CCCCCCN(C)C(=NCCc1ccc(OCC(N)=O)cc1)NCC.I. The van der Waals surface area contributed by atoms with Crippen molar-refractivity contribution in [2.24, 2.45) is 10.7 Å². The minimum atomic E-state index is -0.478. The minimum absolute atomic E-state index is 0. The van der Waals surface area contributed by atoms with Crippen molar-refractivity contribution in [3.8, 4) is 5.75 Å². The maximum atomic E-state index is 10.7. The summed E-state index contributed by atoms with van der Waals surface area (Å²) in [6, 6.07) is 7.68. The predicted molar refractivity (Wildman–Crippen MR) is 128 cm³/mol. The number of amides is 1. The van der Waals surface area contributed by atoms with Crippen LogP contribution in [0.2, 0.25) is 0 Å². The lowest BCUT2D eigenvalue weighted by atomic mass is 10.1. The van der Waals surface area contributed by atoms with Crippen LogP contribution in [0.5, 0.6) is 5.75 Å². The van der Waals surface area contributed by atoms with Crippen molar-refractivity contribution < 1.29 is 9.53 Å². The molecule has 158 valence electrons. The van der Waals surface area contributed by atoms with Crippen LogP contribution in [0, 0.1) is 0 Å². The van der Waals surface area contributed by atoms with Crippen LogP contribution in [0.3, 0.4) is 0 Å². The normalized spacial score (nSPS) is 10.7. The summed E-state index contributed by atoms with van der Waals surface area (Å²) in [6.07, 6.45) is 7.47. The molecule has 1 aromatic rings. The van der Waals surface area contributed by atoms with E-state index in [0.29, 0.717) is 12.3 Å². The van der Waals surface area contributed by atoms with Gasteiger partial charge in [0.25, 0.3) is 5.91 Å². The molecule has 6 nitrogen and oxygen atoms in total. The topological polar surface area (TPSA) is 79.9 Å². The highest BCUT2D eigenvalue weighted by molar-refractivity contribution is 14.0. The van der Waals surface area contributed by atoms with E-state index in [1.807, 2.05) is 30.3 Å². The van der Waals surface area contributed by atoms with Gasteiger partial charge >= 0.3 is 0 Å². The lowest BCUT2D eigenvalue weighted by molar-refractivity contribution is -0.119. The number of rotatable bonds is 13. The first-order valence-electron chi connectivity index (χ1n) is 9.67. The number of unbranched alkanes of at least 4 members (excludes halogenated alkanes) is 3. The molecule has 7 heteroatoms. The van der Waals surface area contributed by atoms with Crippen molar-refractivity contribution in [3.63, 3.8) is 0 Å². The first-order chi connectivity index (χ1) is 13.1. The molecule has 1 rings (SSSR count).